The zero-order valence-electron chi connectivity index (χ0n) is 11.1. The zero-order chi connectivity index (χ0) is 14.5. The first-order valence-corrected chi connectivity index (χ1v) is 6.78. The number of halogens is 2. The van der Waals surface area contributed by atoms with Crippen LogP contribution in [-0.4, -0.2) is 11.6 Å². The first-order valence-electron chi connectivity index (χ1n) is 6.40. The number of rotatable bonds is 5. The molecule has 2 N–H and O–H groups in total. The third kappa shape index (κ3) is 3.46. The molecule has 1 aromatic heterocycles. The van der Waals surface area contributed by atoms with Crippen LogP contribution in [0.25, 0.3) is 0 Å². The van der Waals surface area contributed by atoms with Crippen LogP contribution in [-0.2, 0) is 0 Å². The van der Waals surface area contributed by atoms with E-state index in [2.05, 4.69) is 4.98 Å². The van der Waals surface area contributed by atoms with Crippen LogP contribution in [0.15, 0.2) is 36.7 Å². The van der Waals surface area contributed by atoms with Crippen molar-refractivity contribution in [3.8, 4) is 5.75 Å². The summed E-state index contributed by atoms with van der Waals surface area (Å²) in [7, 11) is 0. The van der Waals surface area contributed by atoms with E-state index >= 15 is 0 Å². The van der Waals surface area contributed by atoms with Gasteiger partial charge in [-0.05, 0) is 30.2 Å². The summed E-state index contributed by atoms with van der Waals surface area (Å²) in [6, 6.07) is 5.63. The van der Waals surface area contributed by atoms with Gasteiger partial charge >= 0.3 is 0 Å². The predicted molar refractivity (Wildman–Crippen MR) is 77.5 cm³/mol. The Morgan fingerprint density at radius 1 is 1.35 bits per heavy atom. The summed E-state index contributed by atoms with van der Waals surface area (Å²) < 4.78 is 19.4. The van der Waals surface area contributed by atoms with Gasteiger partial charge in [-0.2, -0.15) is 0 Å². The molecule has 106 valence electrons. The molecule has 2 aromatic rings. The van der Waals surface area contributed by atoms with E-state index in [9.17, 15) is 4.39 Å². The van der Waals surface area contributed by atoms with Gasteiger partial charge in [-0.1, -0.05) is 24.6 Å². The lowest BCUT2D eigenvalue weighted by atomic mass is 10.0. The van der Waals surface area contributed by atoms with E-state index in [1.165, 1.54) is 6.07 Å². The van der Waals surface area contributed by atoms with E-state index in [0.29, 0.717) is 28.5 Å². The van der Waals surface area contributed by atoms with Crippen molar-refractivity contribution in [1.29, 1.82) is 0 Å². The topological polar surface area (TPSA) is 48.1 Å². The minimum absolute atomic E-state index is 0.344. The van der Waals surface area contributed by atoms with Crippen molar-refractivity contribution < 1.29 is 9.13 Å². The Hall–Kier alpha value is -1.65. The second-order valence-electron chi connectivity index (χ2n) is 4.45. The van der Waals surface area contributed by atoms with Crippen molar-refractivity contribution in [2.45, 2.75) is 19.4 Å². The average molecular weight is 295 g/mol. The summed E-state index contributed by atoms with van der Waals surface area (Å²) >= 11 is 5.74. The van der Waals surface area contributed by atoms with E-state index in [1.807, 2.05) is 6.92 Å². The Morgan fingerprint density at radius 3 is 2.85 bits per heavy atom. The van der Waals surface area contributed by atoms with Gasteiger partial charge in [0.25, 0.3) is 0 Å². The van der Waals surface area contributed by atoms with Crippen LogP contribution in [0.3, 0.4) is 0 Å². The highest BCUT2D eigenvalue weighted by atomic mass is 35.5. The maximum absolute atomic E-state index is 13.9. The smallest absolute Gasteiger partial charge is 0.137 e. The lowest BCUT2D eigenvalue weighted by Crippen LogP contribution is -2.14. The van der Waals surface area contributed by atoms with Crippen molar-refractivity contribution in [2.75, 3.05) is 6.61 Å². The Kier molecular flexibility index (Phi) is 4.93. The summed E-state index contributed by atoms with van der Waals surface area (Å²) in [4.78, 5) is 4.08. The summed E-state index contributed by atoms with van der Waals surface area (Å²) in [6.45, 7) is 2.63. The first-order chi connectivity index (χ1) is 9.61. The maximum Gasteiger partial charge on any atom is 0.137 e. The van der Waals surface area contributed by atoms with Gasteiger partial charge < -0.3 is 10.5 Å². The number of nitrogens with two attached hydrogens (primary N) is 1. The Labute approximate surface area is 122 Å². The molecular formula is C15H16ClFN2O. The van der Waals surface area contributed by atoms with Crippen LogP contribution in [0.1, 0.15) is 30.5 Å². The molecule has 0 aliphatic carbocycles. The molecule has 0 aliphatic rings. The normalized spacial score (nSPS) is 12.2. The number of ether oxygens (including phenoxy) is 1. The summed E-state index contributed by atoms with van der Waals surface area (Å²) in [5, 5.41) is 0.344. The molecule has 0 saturated carbocycles. The third-order valence-corrected chi connectivity index (χ3v) is 3.10. The summed E-state index contributed by atoms with van der Waals surface area (Å²) in [5.41, 5.74) is 7.16. The van der Waals surface area contributed by atoms with Crippen LogP contribution < -0.4 is 10.5 Å². The highest BCUT2D eigenvalue weighted by Crippen LogP contribution is 2.26. The van der Waals surface area contributed by atoms with Crippen LogP contribution in [0.2, 0.25) is 5.02 Å². The molecule has 5 heteroatoms. The lowest BCUT2D eigenvalue weighted by Gasteiger charge is -2.14. The number of benzene rings is 1. The molecule has 3 nitrogen and oxygen atoms in total. The lowest BCUT2D eigenvalue weighted by molar-refractivity contribution is 0.315. The minimum Gasteiger partial charge on any atom is -0.492 e. The van der Waals surface area contributed by atoms with E-state index in [0.717, 1.165) is 6.42 Å². The molecule has 0 saturated heterocycles. The fourth-order valence-electron chi connectivity index (χ4n) is 1.84. The molecule has 2 rings (SSSR count). The minimum atomic E-state index is -0.607. The van der Waals surface area contributed by atoms with E-state index < -0.39 is 11.9 Å². The van der Waals surface area contributed by atoms with Crippen LogP contribution in [0.4, 0.5) is 4.39 Å². The van der Waals surface area contributed by atoms with Gasteiger partial charge in [-0.15, -0.1) is 0 Å². The molecule has 0 radical (unpaired) electrons. The van der Waals surface area contributed by atoms with E-state index in [-0.39, 0.29) is 0 Å². The van der Waals surface area contributed by atoms with Gasteiger partial charge in [0.05, 0.1) is 18.8 Å². The fraction of sp³-hybridized carbons (Fsp3) is 0.267. The summed E-state index contributed by atoms with van der Waals surface area (Å²) in [6.07, 6.45) is 4.13. The molecule has 1 aromatic carbocycles. The van der Waals surface area contributed by atoms with Crippen molar-refractivity contribution in [2.24, 2.45) is 5.73 Å². The van der Waals surface area contributed by atoms with Crippen LogP contribution in [0, 0.1) is 5.82 Å². The van der Waals surface area contributed by atoms with Gasteiger partial charge in [0, 0.05) is 16.8 Å². The molecule has 0 aliphatic heterocycles. The Balaban J connectivity index is 2.26. The Morgan fingerprint density at radius 2 is 2.15 bits per heavy atom. The van der Waals surface area contributed by atoms with Crippen molar-refractivity contribution in [1.82, 2.24) is 4.98 Å². The molecule has 0 spiro atoms. The largest absolute Gasteiger partial charge is 0.492 e. The van der Waals surface area contributed by atoms with Crippen molar-refractivity contribution >= 4 is 11.6 Å². The number of aromatic nitrogens is 1. The standard InChI is InChI=1S/C15H16ClFN2O/c1-2-5-20-12-6-10(8-19-9-12)15(18)13-4-3-11(16)7-14(13)17/h3-4,6-9,15H,2,5,18H2,1H3. The number of nitrogens with zero attached hydrogens (tertiary/aromatic N) is 1. The molecule has 1 unspecified atom stereocenters. The zero-order valence-corrected chi connectivity index (χ0v) is 11.9. The number of hydrogen-bond acceptors (Lipinski definition) is 3. The highest BCUT2D eigenvalue weighted by molar-refractivity contribution is 6.30. The van der Waals surface area contributed by atoms with Gasteiger partial charge in [-0.25, -0.2) is 4.39 Å². The van der Waals surface area contributed by atoms with Crippen molar-refractivity contribution in [3.05, 3.63) is 58.6 Å². The molecule has 1 atom stereocenters. The van der Waals surface area contributed by atoms with Gasteiger partial charge in [0.1, 0.15) is 11.6 Å². The summed E-state index contributed by atoms with van der Waals surface area (Å²) in [5.74, 6) is 0.207. The van der Waals surface area contributed by atoms with Gasteiger partial charge in [0.15, 0.2) is 0 Å². The van der Waals surface area contributed by atoms with Gasteiger partial charge in [0.2, 0.25) is 0 Å². The molecular weight excluding hydrogens is 279 g/mol. The monoisotopic (exact) mass is 294 g/mol. The number of hydrogen-bond donors (Lipinski definition) is 1. The fourth-order valence-corrected chi connectivity index (χ4v) is 2.00. The highest BCUT2D eigenvalue weighted by Gasteiger charge is 2.15. The van der Waals surface area contributed by atoms with E-state index in [4.69, 9.17) is 22.1 Å². The predicted octanol–water partition coefficient (Wildman–Crippen LogP) is 3.71. The molecule has 20 heavy (non-hydrogen) atoms. The first kappa shape index (κ1) is 14.8. The number of pyridine rings is 1. The van der Waals surface area contributed by atoms with E-state index in [1.54, 1.807) is 30.6 Å². The average Bonchev–Trinajstić information content (AvgIpc) is 2.45. The maximum atomic E-state index is 13.9. The Bertz CT molecular complexity index is 592. The van der Waals surface area contributed by atoms with Crippen LogP contribution in [0.5, 0.6) is 5.75 Å². The second-order valence-corrected chi connectivity index (χ2v) is 4.88. The second kappa shape index (κ2) is 6.68. The molecule has 1 heterocycles. The van der Waals surface area contributed by atoms with Crippen molar-refractivity contribution in [3.63, 3.8) is 0 Å². The SMILES string of the molecule is CCCOc1cncc(C(N)c2ccc(Cl)cc2F)c1. The van der Waals surface area contributed by atoms with Gasteiger partial charge in [-0.3, -0.25) is 4.98 Å². The third-order valence-electron chi connectivity index (χ3n) is 2.86. The molecule has 0 amide bonds. The van der Waals surface area contributed by atoms with Crippen LogP contribution >= 0.6 is 11.6 Å². The molecule has 0 bridgehead atoms. The molecule has 0 fully saturated rings. The quantitative estimate of drug-likeness (QED) is 0.914.